The van der Waals surface area contributed by atoms with Gasteiger partial charge < -0.3 is 10.1 Å². The summed E-state index contributed by atoms with van der Waals surface area (Å²) < 4.78 is 5.70. The fourth-order valence-electron chi connectivity index (χ4n) is 2.38. The molecule has 0 aromatic heterocycles. The number of benzene rings is 2. The van der Waals surface area contributed by atoms with Crippen LogP contribution in [-0.4, -0.2) is 23.9 Å². The van der Waals surface area contributed by atoms with Crippen LogP contribution in [0, 0.1) is 0 Å². The van der Waals surface area contributed by atoms with Crippen molar-refractivity contribution >= 4 is 64.4 Å². The summed E-state index contributed by atoms with van der Waals surface area (Å²) in [5.74, 6) is -0.157. The fourth-order valence-corrected chi connectivity index (χ4v) is 3.46. The fraction of sp³-hybridized carbons (Fsp3) is 0.111. The van der Waals surface area contributed by atoms with Crippen molar-refractivity contribution in [2.75, 3.05) is 7.05 Å². The maximum Gasteiger partial charge on any atom is 0.328 e. The zero-order valence-corrected chi connectivity index (χ0v) is 16.9. The molecule has 2 aromatic carbocycles. The molecule has 27 heavy (non-hydrogen) atoms. The Balaban J connectivity index is 1.81. The molecule has 1 heterocycles. The van der Waals surface area contributed by atoms with Crippen LogP contribution < -0.4 is 10.1 Å². The van der Waals surface area contributed by atoms with Crippen LogP contribution in [0.3, 0.4) is 0 Å². The zero-order valence-electron chi connectivity index (χ0n) is 13.9. The van der Waals surface area contributed by atoms with E-state index < -0.39 is 11.9 Å². The molecule has 0 aliphatic carbocycles. The van der Waals surface area contributed by atoms with Crippen LogP contribution in [0.15, 0.2) is 36.0 Å². The van der Waals surface area contributed by atoms with Gasteiger partial charge in [-0.25, -0.2) is 4.79 Å². The highest BCUT2D eigenvalue weighted by atomic mass is 35.5. The number of likely N-dealkylation sites (N-methyl/N-ethyl adjacent to an activating group) is 1. The summed E-state index contributed by atoms with van der Waals surface area (Å²) in [5, 5.41) is 3.97. The van der Waals surface area contributed by atoms with Crippen molar-refractivity contribution in [1.29, 1.82) is 0 Å². The molecule has 0 saturated carbocycles. The molecule has 0 radical (unpaired) electrons. The summed E-state index contributed by atoms with van der Waals surface area (Å²) in [7, 11) is 1.39. The Morgan fingerprint density at radius 1 is 1.04 bits per heavy atom. The molecule has 0 spiro atoms. The minimum absolute atomic E-state index is 0.135. The van der Waals surface area contributed by atoms with Crippen molar-refractivity contribution in [2.45, 2.75) is 6.61 Å². The lowest BCUT2D eigenvalue weighted by Crippen LogP contribution is -2.25. The van der Waals surface area contributed by atoms with Crippen LogP contribution in [0.1, 0.15) is 11.1 Å². The van der Waals surface area contributed by atoms with Gasteiger partial charge in [-0.15, -0.1) is 0 Å². The van der Waals surface area contributed by atoms with Gasteiger partial charge in [0.25, 0.3) is 5.91 Å². The largest absolute Gasteiger partial charge is 0.486 e. The molecule has 1 fully saturated rings. The average Bonchev–Trinajstić information content (AvgIpc) is 2.83. The van der Waals surface area contributed by atoms with Crippen LogP contribution in [0.2, 0.25) is 20.1 Å². The standard InChI is InChI=1S/C18H12Cl4N2O3/c1-24-17(25)15(23-18(24)26)6-9-4-13(21)16(14(22)5-9)27-8-10-2-3-11(19)7-12(10)20/h2-7H,8H2,1H3,(H,23,26)/b15-6+. The molecule has 1 saturated heterocycles. The van der Waals surface area contributed by atoms with Crippen molar-refractivity contribution in [3.05, 3.63) is 67.2 Å². The number of amides is 3. The Labute approximate surface area is 175 Å². The zero-order chi connectivity index (χ0) is 19.7. The number of nitrogens with zero attached hydrogens (tertiary/aromatic N) is 1. The molecule has 140 valence electrons. The van der Waals surface area contributed by atoms with Crippen molar-refractivity contribution < 1.29 is 14.3 Å². The van der Waals surface area contributed by atoms with Crippen molar-refractivity contribution in [3.63, 3.8) is 0 Å². The quantitative estimate of drug-likeness (QED) is 0.506. The molecule has 0 bridgehead atoms. The van der Waals surface area contributed by atoms with Gasteiger partial charge in [0.15, 0.2) is 5.75 Å². The van der Waals surface area contributed by atoms with Crippen LogP contribution >= 0.6 is 46.4 Å². The third kappa shape index (κ3) is 4.33. The number of rotatable bonds is 4. The average molecular weight is 446 g/mol. The predicted molar refractivity (Wildman–Crippen MR) is 107 cm³/mol. The maximum atomic E-state index is 11.9. The van der Waals surface area contributed by atoms with E-state index in [9.17, 15) is 9.59 Å². The van der Waals surface area contributed by atoms with Gasteiger partial charge in [0.05, 0.1) is 10.0 Å². The highest BCUT2D eigenvalue weighted by molar-refractivity contribution is 6.37. The first-order valence-corrected chi connectivity index (χ1v) is 9.14. The number of carbonyl (C=O) groups excluding carboxylic acids is 2. The molecular weight excluding hydrogens is 434 g/mol. The number of hydrogen-bond acceptors (Lipinski definition) is 3. The van der Waals surface area contributed by atoms with Crippen molar-refractivity contribution in [2.24, 2.45) is 0 Å². The van der Waals surface area contributed by atoms with Gasteiger partial charge in [0.1, 0.15) is 12.3 Å². The number of halogens is 4. The molecule has 2 aromatic rings. The topological polar surface area (TPSA) is 58.6 Å². The number of nitrogens with one attached hydrogen (secondary N) is 1. The van der Waals surface area contributed by atoms with Crippen molar-refractivity contribution in [3.8, 4) is 5.75 Å². The highest BCUT2D eigenvalue weighted by Crippen LogP contribution is 2.36. The van der Waals surface area contributed by atoms with E-state index in [1.807, 2.05) is 0 Å². The number of imide groups is 1. The SMILES string of the molecule is CN1C(=O)N/C(=C/c2cc(Cl)c(OCc3ccc(Cl)cc3Cl)c(Cl)c2)C1=O. The highest BCUT2D eigenvalue weighted by Gasteiger charge is 2.30. The van der Waals surface area contributed by atoms with E-state index >= 15 is 0 Å². The maximum absolute atomic E-state index is 11.9. The molecule has 1 aliphatic heterocycles. The van der Waals surface area contributed by atoms with Crippen LogP contribution in [0.4, 0.5) is 4.79 Å². The summed E-state index contributed by atoms with van der Waals surface area (Å²) in [6.45, 7) is 0.148. The second kappa shape index (κ2) is 7.98. The molecule has 0 unspecified atom stereocenters. The third-order valence-electron chi connectivity index (χ3n) is 3.80. The Morgan fingerprint density at radius 2 is 1.70 bits per heavy atom. The van der Waals surface area contributed by atoms with Crippen molar-refractivity contribution in [1.82, 2.24) is 10.2 Å². The van der Waals surface area contributed by atoms with Gasteiger partial charge in [-0.3, -0.25) is 9.69 Å². The first-order chi connectivity index (χ1) is 12.8. The number of hydrogen-bond donors (Lipinski definition) is 1. The van der Waals surface area contributed by atoms with Gasteiger partial charge in [-0.1, -0.05) is 52.5 Å². The van der Waals surface area contributed by atoms with E-state index in [1.165, 1.54) is 13.1 Å². The van der Waals surface area contributed by atoms with Gasteiger partial charge in [-0.2, -0.15) is 0 Å². The first kappa shape index (κ1) is 19.8. The van der Waals surface area contributed by atoms with Gasteiger partial charge in [0, 0.05) is 22.7 Å². The minimum Gasteiger partial charge on any atom is -0.486 e. The first-order valence-electron chi connectivity index (χ1n) is 7.63. The molecule has 3 amide bonds. The van der Waals surface area contributed by atoms with E-state index in [1.54, 1.807) is 30.3 Å². The molecule has 0 atom stereocenters. The summed E-state index contributed by atoms with van der Waals surface area (Å²) >= 11 is 24.5. The monoisotopic (exact) mass is 444 g/mol. The predicted octanol–water partition coefficient (Wildman–Crippen LogP) is 5.40. The molecule has 3 rings (SSSR count). The van der Waals surface area contributed by atoms with Gasteiger partial charge in [0.2, 0.25) is 0 Å². The normalized spacial score (nSPS) is 15.4. The Kier molecular flexibility index (Phi) is 5.86. The summed E-state index contributed by atoms with van der Waals surface area (Å²) in [5.41, 5.74) is 1.40. The van der Waals surface area contributed by atoms with E-state index in [0.717, 1.165) is 10.5 Å². The Morgan fingerprint density at radius 3 is 2.26 bits per heavy atom. The molecular formula is C18H12Cl4N2O3. The molecule has 1 aliphatic rings. The minimum atomic E-state index is -0.497. The van der Waals surface area contributed by atoms with E-state index in [0.29, 0.717) is 15.6 Å². The number of urea groups is 1. The van der Waals surface area contributed by atoms with Gasteiger partial charge >= 0.3 is 6.03 Å². The number of carbonyl (C=O) groups is 2. The summed E-state index contributed by atoms with van der Waals surface area (Å²) in [4.78, 5) is 24.4. The smallest absolute Gasteiger partial charge is 0.328 e. The summed E-state index contributed by atoms with van der Waals surface area (Å²) in [6, 6.07) is 7.73. The number of ether oxygens (including phenoxy) is 1. The third-order valence-corrected chi connectivity index (χ3v) is 4.95. The van der Waals surface area contributed by atoms with Crippen LogP contribution in [0.25, 0.3) is 6.08 Å². The molecule has 1 N–H and O–H groups in total. The second-order valence-electron chi connectivity index (χ2n) is 5.69. The summed E-state index contributed by atoms with van der Waals surface area (Å²) in [6.07, 6.45) is 1.49. The Hall–Kier alpha value is -1.92. The molecule has 9 heteroatoms. The van der Waals surface area contributed by atoms with Crippen LogP contribution in [-0.2, 0) is 11.4 Å². The molecule has 5 nitrogen and oxygen atoms in total. The van der Waals surface area contributed by atoms with E-state index in [2.05, 4.69) is 5.32 Å². The Bertz CT molecular complexity index is 952. The van der Waals surface area contributed by atoms with Crippen LogP contribution in [0.5, 0.6) is 5.75 Å². The van der Waals surface area contributed by atoms with Gasteiger partial charge in [-0.05, 0) is 35.9 Å². The lowest BCUT2D eigenvalue weighted by molar-refractivity contribution is -0.121. The van der Waals surface area contributed by atoms with E-state index in [-0.39, 0.29) is 28.1 Å². The van der Waals surface area contributed by atoms with E-state index in [4.69, 9.17) is 51.1 Å². The lowest BCUT2D eigenvalue weighted by atomic mass is 10.1. The second-order valence-corrected chi connectivity index (χ2v) is 7.35. The lowest BCUT2D eigenvalue weighted by Gasteiger charge is -2.12.